The lowest BCUT2D eigenvalue weighted by atomic mass is 10.1. The van der Waals surface area contributed by atoms with Crippen LogP contribution in [0.25, 0.3) is 5.78 Å². The average Bonchev–Trinajstić information content (AvgIpc) is 2.85. The van der Waals surface area contributed by atoms with E-state index in [1.165, 1.54) is 6.08 Å². The molecule has 0 aromatic carbocycles. The Morgan fingerprint density at radius 2 is 2.05 bits per heavy atom. The Kier molecular flexibility index (Phi) is 4.16. The third-order valence-corrected chi connectivity index (χ3v) is 3.08. The lowest BCUT2D eigenvalue weighted by molar-refractivity contribution is -0.144. The number of aryl methyl sites for hydroxylation is 2. The molecule has 1 amide bonds. The Labute approximate surface area is 124 Å². The van der Waals surface area contributed by atoms with Crippen molar-refractivity contribution in [3.63, 3.8) is 0 Å². The molecule has 9 heteroatoms. The molecule has 2 heterocycles. The standard InChI is InChI=1S/C13H14F3N5O/c1-4-5-17-10(22)6-9-7(2)18-12-19-11(13(14,15)16)20-21(12)8(9)3/h4H,1,5-6H2,2-3H3,(H,17,22). The number of aromatic nitrogens is 4. The third-order valence-electron chi connectivity index (χ3n) is 3.08. The van der Waals surface area contributed by atoms with Gasteiger partial charge in [0.05, 0.1) is 6.42 Å². The average molecular weight is 313 g/mol. The topological polar surface area (TPSA) is 72.2 Å². The molecule has 0 saturated carbocycles. The Morgan fingerprint density at radius 1 is 1.36 bits per heavy atom. The highest BCUT2D eigenvalue weighted by atomic mass is 19.4. The molecule has 118 valence electrons. The Hall–Kier alpha value is -2.45. The molecule has 0 aliphatic carbocycles. The van der Waals surface area contributed by atoms with Gasteiger partial charge in [-0.3, -0.25) is 4.79 Å². The van der Waals surface area contributed by atoms with Crippen molar-refractivity contribution in [2.45, 2.75) is 26.4 Å². The zero-order valence-corrected chi connectivity index (χ0v) is 12.0. The molecule has 0 aliphatic heterocycles. The van der Waals surface area contributed by atoms with Crippen molar-refractivity contribution in [2.24, 2.45) is 0 Å². The van der Waals surface area contributed by atoms with Crippen LogP contribution in [0.5, 0.6) is 0 Å². The molecule has 0 fully saturated rings. The molecular formula is C13H14F3N5O. The van der Waals surface area contributed by atoms with Crippen LogP contribution in [0.15, 0.2) is 12.7 Å². The zero-order chi connectivity index (χ0) is 16.5. The van der Waals surface area contributed by atoms with E-state index in [4.69, 9.17) is 0 Å². The highest BCUT2D eigenvalue weighted by molar-refractivity contribution is 5.79. The van der Waals surface area contributed by atoms with Crippen LogP contribution in [-0.4, -0.2) is 32.0 Å². The Balaban J connectivity index is 2.43. The van der Waals surface area contributed by atoms with E-state index in [-0.39, 0.29) is 18.1 Å². The molecule has 0 atom stereocenters. The maximum absolute atomic E-state index is 12.7. The van der Waals surface area contributed by atoms with Gasteiger partial charge in [-0.1, -0.05) is 6.08 Å². The fourth-order valence-corrected chi connectivity index (χ4v) is 1.99. The first-order valence-electron chi connectivity index (χ1n) is 6.41. The van der Waals surface area contributed by atoms with Gasteiger partial charge in [0, 0.05) is 23.5 Å². The van der Waals surface area contributed by atoms with Crippen LogP contribution in [0.4, 0.5) is 13.2 Å². The molecule has 2 rings (SSSR count). The summed E-state index contributed by atoms with van der Waals surface area (Å²) in [7, 11) is 0. The summed E-state index contributed by atoms with van der Waals surface area (Å²) in [5.74, 6) is -1.67. The van der Waals surface area contributed by atoms with Crippen LogP contribution in [0.3, 0.4) is 0 Å². The van der Waals surface area contributed by atoms with Crippen LogP contribution in [0.2, 0.25) is 0 Å². The van der Waals surface area contributed by atoms with Gasteiger partial charge in [0.15, 0.2) is 0 Å². The van der Waals surface area contributed by atoms with Crippen molar-refractivity contribution in [3.05, 3.63) is 35.4 Å². The summed E-state index contributed by atoms with van der Waals surface area (Å²) in [4.78, 5) is 19.1. The summed E-state index contributed by atoms with van der Waals surface area (Å²) >= 11 is 0. The number of carbonyl (C=O) groups excluding carboxylic acids is 1. The van der Waals surface area contributed by atoms with Crippen LogP contribution < -0.4 is 5.32 Å². The fourth-order valence-electron chi connectivity index (χ4n) is 1.99. The summed E-state index contributed by atoms with van der Waals surface area (Å²) in [5.41, 5.74) is 1.37. The number of amides is 1. The Morgan fingerprint density at radius 3 is 2.64 bits per heavy atom. The zero-order valence-electron chi connectivity index (χ0n) is 12.0. The number of alkyl halides is 3. The number of halogens is 3. The molecule has 0 radical (unpaired) electrons. The minimum absolute atomic E-state index is 0.00431. The quantitative estimate of drug-likeness (QED) is 0.870. The highest BCUT2D eigenvalue weighted by Gasteiger charge is 2.37. The number of nitrogens with zero attached hydrogens (tertiary/aromatic N) is 4. The maximum atomic E-state index is 12.7. The van der Waals surface area contributed by atoms with E-state index in [0.29, 0.717) is 23.5 Å². The second-order valence-electron chi connectivity index (χ2n) is 4.68. The van der Waals surface area contributed by atoms with Crippen LogP contribution in [0, 0.1) is 13.8 Å². The molecule has 0 bridgehead atoms. The first kappa shape index (κ1) is 15.9. The summed E-state index contributed by atoms with van der Waals surface area (Å²) in [6.45, 7) is 6.99. The second kappa shape index (κ2) is 5.74. The van der Waals surface area contributed by atoms with Gasteiger partial charge in [-0.2, -0.15) is 18.2 Å². The van der Waals surface area contributed by atoms with E-state index >= 15 is 0 Å². The van der Waals surface area contributed by atoms with E-state index in [0.717, 1.165) is 4.52 Å². The number of nitrogens with one attached hydrogen (secondary N) is 1. The van der Waals surface area contributed by atoms with E-state index in [1.807, 2.05) is 0 Å². The van der Waals surface area contributed by atoms with E-state index in [2.05, 4.69) is 27.0 Å². The Bertz CT molecular complexity index is 735. The van der Waals surface area contributed by atoms with Gasteiger partial charge in [-0.05, 0) is 13.8 Å². The van der Waals surface area contributed by atoms with E-state index in [9.17, 15) is 18.0 Å². The van der Waals surface area contributed by atoms with Crippen molar-refractivity contribution >= 4 is 11.7 Å². The van der Waals surface area contributed by atoms with E-state index < -0.39 is 12.0 Å². The van der Waals surface area contributed by atoms with Crippen molar-refractivity contribution in [1.29, 1.82) is 0 Å². The lowest BCUT2D eigenvalue weighted by Gasteiger charge is -2.10. The second-order valence-corrected chi connectivity index (χ2v) is 4.68. The van der Waals surface area contributed by atoms with Crippen molar-refractivity contribution < 1.29 is 18.0 Å². The van der Waals surface area contributed by atoms with Crippen molar-refractivity contribution in [2.75, 3.05) is 6.54 Å². The minimum atomic E-state index is -4.64. The highest BCUT2D eigenvalue weighted by Crippen LogP contribution is 2.27. The summed E-state index contributed by atoms with van der Waals surface area (Å²) in [6.07, 6.45) is -3.11. The normalized spacial score (nSPS) is 11.7. The first-order chi connectivity index (χ1) is 10.2. The van der Waals surface area contributed by atoms with Gasteiger partial charge in [-0.25, -0.2) is 9.50 Å². The van der Waals surface area contributed by atoms with Crippen molar-refractivity contribution in [3.8, 4) is 0 Å². The number of hydrogen-bond acceptors (Lipinski definition) is 4. The van der Waals surface area contributed by atoms with Gasteiger partial charge in [0.1, 0.15) is 0 Å². The third kappa shape index (κ3) is 3.07. The van der Waals surface area contributed by atoms with Gasteiger partial charge in [0.2, 0.25) is 5.91 Å². The molecule has 2 aromatic heterocycles. The molecule has 0 unspecified atom stereocenters. The van der Waals surface area contributed by atoms with Crippen LogP contribution in [0.1, 0.15) is 22.8 Å². The molecule has 6 nitrogen and oxygen atoms in total. The molecular weight excluding hydrogens is 299 g/mol. The molecule has 2 aromatic rings. The molecule has 0 saturated heterocycles. The predicted octanol–water partition coefficient (Wildman–Crippen LogP) is 1.60. The maximum Gasteiger partial charge on any atom is 0.453 e. The minimum Gasteiger partial charge on any atom is -0.352 e. The van der Waals surface area contributed by atoms with Crippen LogP contribution >= 0.6 is 0 Å². The van der Waals surface area contributed by atoms with Gasteiger partial charge < -0.3 is 5.32 Å². The lowest BCUT2D eigenvalue weighted by Crippen LogP contribution is -2.26. The number of fused-ring (bicyclic) bond motifs is 1. The summed E-state index contributed by atoms with van der Waals surface area (Å²) in [5, 5.41) is 6.03. The largest absolute Gasteiger partial charge is 0.453 e. The van der Waals surface area contributed by atoms with Crippen molar-refractivity contribution in [1.82, 2.24) is 24.9 Å². The molecule has 1 N–H and O–H groups in total. The van der Waals surface area contributed by atoms with Gasteiger partial charge in [-0.15, -0.1) is 11.7 Å². The fraction of sp³-hybridized carbons (Fsp3) is 0.385. The SMILES string of the molecule is C=CCNC(=O)Cc1c(C)nc2nc(C(F)(F)F)nn2c1C. The number of carbonyl (C=O) groups is 1. The van der Waals surface area contributed by atoms with Crippen LogP contribution in [-0.2, 0) is 17.4 Å². The molecule has 22 heavy (non-hydrogen) atoms. The monoisotopic (exact) mass is 313 g/mol. The summed E-state index contributed by atoms with van der Waals surface area (Å²) in [6, 6.07) is 0. The first-order valence-corrected chi connectivity index (χ1v) is 6.41. The van der Waals surface area contributed by atoms with Gasteiger partial charge >= 0.3 is 6.18 Å². The van der Waals surface area contributed by atoms with Gasteiger partial charge in [0.25, 0.3) is 11.6 Å². The predicted molar refractivity (Wildman–Crippen MR) is 72.2 cm³/mol. The number of rotatable bonds is 4. The smallest absolute Gasteiger partial charge is 0.352 e. The molecule has 0 aliphatic rings. The number of hydrogen-bond donors (Lipinski definition) is 1. The summed E-state index contributed by atoms with van der Waals surface area (Å²) < 4.78 is 39.0. The van der Waals surface area contributed by atoms with E-state index in [1.54, 1.807) is 13.8 Å². The molecule has 0 spiro atoms.